The highest BCUT2D eigenvalue weighted by molar-refractivity contribution is 5.76. The van der Waals surface area contributed by atoms with Crippen molar-refractivity contribution in [2.75, 3.05) is 19.8 Å². The smallest absolute Gasteiger partial charge is 0.305 e. The SMILES string of the molecule is CCC/C=C/CC/C=C/CC/C=C/C(O)C(COC1OC(CO)C(O)C(O)C1O)NC(=O)CCCCCCCCCCCCCCCCCOC(=O)CCCCCCCCCCCCC. The number of hydrogen-bond donors (Lipinski definition) is 6. The van der Waals surface area contributed by atoms with Crippen molar-refractivity contribution in [1.29, 1.82) is 0 Å². The fraction of sp³-hybridized carbons (Fsp3) is 0.852. The molecule has 0 bridgehead atoms. The molecule has 11 heteroatoms. The van der Waals surface area contributed by atoms with E-state index in [1.54, 1.807) is 6.08 Å². The highest BCUT2D eigenvalue weighted by atomic mass is 16.7. The van der Waals surface area contributed by atoms with Crippen molar-refractivity contribution in [3.8, 4) is 0 Å². The second-order valence-corrected chi connectivity index (χ2v) is 18.6. The Morgan fingerprint density at radius 3 is 1.49 bits per heavy atom. The van der Waals surface area contributed by atoms with Crippen molar-refractivity contribution < 1.29 is 49.3 Å². The number of carbonyl (C=O) groups excluding carboxylic acids is 2. The van der Waals surface area contributed by atoms with Crippen molar-refractivity contribution in [3.05, 3.63) is 36.5 Å². The van der Waals surface area contributed by atoms with E-state index in [9.17, 15) is 35.1 Å². The number of allylic oxidation sites excluding steroid dienone is 5. The van der Waals surface area contributed by atoms with Crippen LogP contribution in [0.1, 0.15) is 232 Å². The van der Waals surface area contributed by atoms with Crippen LogP contribution in [0.25, 0.3) is 0 Å². The summed E-state index contributed by atoms with van der Waals surface area (Å²) >= 11 is 0. The number of amides is 1. The molecule has 7 unspecified atom stereocenters. The van der Waals surface area contributed by atoms with Crippen molar-refractivity contribution >= 4 is 11.9 Å². The molecule has 6 N–H and O–H groups in total. The van der Waals surface area contributed by atoms with Crippen molar-refractivity contribution in [2.45, 2.75) is 275 Å². The van der Waals surface area contributed by atoms with Crippen molar-refractivity contribution in [1.82, 2.24) is 5.32 Å². The van der Waals surface area contributed by atoms with Crippen LogP contribution in [-0.2, 0) is 23.8 Å². The average molecular weight is 922 g/mol. The number of nitrogens with one attached hydrogen (secondary N) is 1. The maximum atomic E-state index is 13.0. The first kappa shape index (κ1) is 60.9. The van der Waals surface area contributed by atoms with E-state index in [0.717, 1.165) is 89.9 Å². The Morgan fingerprint density at radius 2 is 1.00 bits per heavy atom. The van der Waals surface area contributed by atoms with Gasteiger partial charge in [-0.3, -0.25) is 9.59 Å². The van der Waals surface area contributed by atoms with Gasteiger partial charge in [-0.05, 0) is 51.4 Å². The zero-order valence-electron chi connectivity index (χ0n) is 41.4. The summed E-state index contributed by atoms with van der Waals surface area (Å²) in [4.78, 5) is 25.0. The van der Waals surface area contributed by atoms with Crippen LogP contribution in [0.2, 0.25) is 0 Å². The molecule has 11 nitrogen and oxygen atoms in total. The number of hydrogen-bond acceptors (Lipinski definition) is 10. The molecule has 1 heterocycles. The van der Waals surface area contributed by atoms with E-state index in [1.165, 1.54) is 116 Å². The maximum Gasteiger partial charge on any atom is 0.305 e. The Morgan fingerprint density at radius 1 is 0.554 bits per heavy atom. The van der Waals surface area contributed by atoms with E-state index in [1.807, 2.05) is 6.08 Å². The highest BCUT2D eigenvalue weighted by Crippen LogP contribution is 2.23. The largest absolute Gasteiger partial charge is 0.466 e. The van der Waals surface area contributed by atoms with Crippen LogP contribution in [0.3, 0.4) is 0 Å². The van der Waals surface area contributed by atoms with Crippen molar-refractivity contribution in [3.63, 3.8) is 0 Å². The van der Waals surface area contributed by atoms with Gasteiger partial charge in [0.15, 0.2) is 6.29 Å². The lowest BCUT2D eigenvalue weighted by Gasteiger charge is -2.40. The molecule has 1 aliphatic rings. The third-order valence-electron chi connectivity index (χ3n) is 12.5. The molecular formula is C54H99NO10. The molecule has 0 aromatic heterocycles. The first-order valence-electron chi connectivity index (χ1n) is 26.8. The van der Waals surface area contributed by atoms with Gasteiger partial charge in [-0.1, -0.05) is 204 Å². The second kappa shape index (κ2) is 44.4. The normalized spacial score (nSPS) is 20.0. The van der Waals surface area contributed by atoms with Crippen LogP contribution in [0.5, 0.6) is 0 Å². The molecule has 1 fully saturated rings. The zero-order chi connectivity index (χ0) is 47.4. The minimum Gasteiger partial charge on any atom is -0.466 e. The quantitative estimate of drug-likeness (QED) is 0.0196. The summed E-state index contributed by atoms with van der Waals surface area (Å²) in [5.74, 6) is -0.228. The second-order valence-electron chi connectivity index (χ2n) is 18.6. The molecule has 0 aromatic rings. The van der Waals surface area contributed by atoms with Crippen LogP contribution in [0, 0.1) is 0 Å². The lowest BCUT2D eigenvalue weighted by atomic mass is 9.99. The molecule has 0 radical (unpaired) electrons. The number of aliphatic hydroxyl groups excluding tert-OH is 5. The van der Waals surface area contributed by atoms with Gasteiger partial charge < -0.3 is 45.1 Å². The van der Waals surface area contributed by atoms with Gasteiger partial charge in [0.1, 0.15) is 24.4 Å². The van der Waals surface area contributed by atoms with E-state index in [2.05, 4.69) is 43.5 Å². The number of ether oxygens (including phenoxy) is 3. The molecule has 65 heavy (non-hydrogen) atoms. The van der Waals surface area contributed by atoms with Gasteiger partial charge in [-0.2, -0.15) is 0 Å². The Kier molecular flexibility index (Phi) is 41.6. The third kappa shape index (κ3) is 34.8. The molecule has 1 saturated heterocycles. The van der Waals surface area contributed by atoms with Crippen LogP contribution in [-0.4, -0.2) is 100 Å². The lowest BCUT2D eigenvalue weighted by molar-refractivity contribution is -0.302. The molecule has 7 atom stereocenters. The van der Waals surface area contributed by atoms with Crippen LogP contribution >= 0.6 is 0 Å². The van der Waals surface area contributed by atoms with Crippen LogP contribution in [0.15, 0.2) is 36.5 Å². The predicted molar refractivity (Wildman–Crippen MR) is 264 cm³/mol. The zero-order valence-corrected chi connectivity index (χ0v) is 41.4. The predicted octanol–water partition coefficient (Wildman–Crippen LogP) is 11.2. The summed E-state index contributed by atoms with van der Waals surface area (Å²) in [6, 6.07) is -0.840. The Bertz CT molecular complexity index is 1180. The van der Waals surface area contributed by atoms with Crippen LogP contribution in [0.4, 0.5) is 0 Å². The van der Waals surface area contributed by atoms with E-state index in [4.69, 9.17) is 14.2 Å². The average Bonchev–Trinajstić information content (AvgIpc) is 3.30. The molecular weight excluding hydrogens is 823 g/mol. The standard InChI is InChI=1S/C54H99NO10/c1-3-5-7-9-11-13-20-24-28-32-36-40-47(57)46(45-64-54-53(62)52(61)51(60)48(44-56)65-54)55-49(58)41-37-33-29-25-22-18-16-15-17-19-23-27-31-35-39-43-63-50(59)42-38-34-30-26-21-14-12-10-8-6-4-2/h7,9,20,24,36,40,46-48,51-54,56-57,60-62H,3-6,8,10-19,21-23,25-35,37-39,41-45H2,1-2H3,(H,55,58)/b9-7+,24-20+,40-36+. The van der Waals surface area contributed by atoms with Gasteiger partial charge in [0.25, 0.3) is 0 Å². The van der Waals surface area contributed by atoms with Gasteiger partial charge in [0.05, 0.1) is 32.0 Å². The number of rotatable bonds is 45. The first-order valence-corrected chi connectivity index (χ1v) is 26.8. The molecule has 0 aromatic carbocycles. The summed E-state index contributed by atoms with van der Waals surface area (Å²) < 4.78 is 16.6. The fourth-order valence-electron chi connectivity index (χ4n) is 8.18. The third-order valence-corrected chi connectivity index (χ3v) is 12.5. The number of carbonyl (C=O) groups is 2. The summed E-state index contributed by atoms with van der Waals surface area (Å²) in [5, 5.41) is 54.1. The molecule has 0 aliphatic carbocycles. The fourth-order valence-corrected chi connectivity index (χ4v) is 8.18. The minimum absolute atomic E-state index is 0.0209. The lowest BCUT2D eigenvalue weighted by Crippen LogP contribution is -2.60. The summed E-state index contributed by atoms with van der Waals surface area (Å²) in [6.07, 6.45) is 42.3. The number of unbranched alkanes of at least 4 members (excludes halogenated alkanes) is 27. The summed E-state index contributed by atoms with van der Waals surface area (Å²) in [5.41, 5.74) is 0. The van der Waals surface area contributed by atoms with E-state index < -0.39 is 49.5 Å². The van der Waals surface area contributed by atoms with E-state index in [0.29, 0.717) is 19.4 Å². The highest BCUT2D eigenvalue weighted by Gasteiger charge is 2.44. The molecule has 0 saturated carbocycles. The van der Waals surface area contributed by atoms with Gasteiger partial charge in [-0.15, -0.1) is 0 Å². The summed E-state index contributed by atoms with van der Waals surface area (Å²) in [7, 11) is 0. The van der Waals surface area contributed by atoms with Gasteiger partial charge in [0.2, 0.25) is 5.91 Å². The number of esters is 1. The van der Waals surface area contributed by atoms with Crippen molar-refractivity contribution in [2.24, 2.45) is 0 Å². The Balaban J connectivity index is 2.14. The molecule has 380 valence electrons. The first-order chi connectivity index (χ1) is 31.7. The Labute approximate surface area is 396 Å². The topological polar surface area (TPSA) is 175 Å². The van der Waals surface area contributed by atoms with Gasteiger partial charge >= 0.3 is 5.97 Å². The summed E-state index contributed by atoms with van der Waals surface area (Å²) in [6.45, 7) is 4.20. The maximum absolute atomic E-state index is 13.0. The van der Waals surface area contributed by atoms with E-state index >= 15 is 0 Å². The van der Waals surface area contributed by atoms with E-state index in [-0.39, 0.29) is 18.5 Å². The number of aliphatic hydroxyl groups is 5. The van der Waals surface area contributed by atoms with Crippen LogP contribution < -0.4 is 5.32 Å². The Hall–Kier alpha value is -2.12. The van der Waals surface area contributed by atoms with Gasteiger partial charge in [-0.25, -0.2) is 0 Å². The minimum atomic E-state index is -1.58. The molecule has 1 rings (SSSR count). The molecule has 0 spiro atoms. The monoisotopic (exact) mass is 922 g/mol. The molecule has 1 aliphatic heterocycles. The molecule has 1 amide bonds. The van der Waals surface area contributed by atoms with Gasteiger partial charge in [0, 0.05) is 12.8 Å².